The van der Waals surface area contributed by atoms with E-state index in [1.54, 1.807) is 24.3 Å². The molecule has 0 heterocycles. The smallest absolute Gasteiger partial charge is 0.232 e. The van der Waals surface area contributed by atoms with E-state index in [2.05, 4.69) is 11.9 Å². The van der Waals surface area contributed by atoms with Crippen molar-refractivity contribution in [2.45, 2.75) is 6.42 Å². The average molecular weight is 342 g/mol. The van der Waals surface area contributed by atoms with E-state index < -0.39 is 10.0 Å². The molecule has 0 radical (unpaired) electrons. The molecule has 8 heteroatoms. The number of carbonyl (C=O) groups excluding carboxylic acids is 1. The summed E-state index contributed by atoms with van der Waals surface area (Å²) in [5.41, 5.74) is 0.404. The minimum Gasteiger partial charge on any atom is -0.493 e. The van der Waals surface area contributed by atoms with E-state index in [9.17, 15) is 13.2 Å². The molecule has 0 saturated carbocycles. The van der Waals surface area contributed by atoms with Gasteiger partial charge in [-0.3, -0.25) is 9.10 Å². The fourth-order valence-corrected chi connectivity index (χ4v) is 2.86. The van der Waals surface area contributed by atoms with Crippen molar-refractivity contribution in [3.63, 3.8) is 0 Å². The van der Waals surface area contributed by atoms with Crippen LogP contribution < -0.4 is 19.1 Å². The summed E-state index contributed by atoms with van der Waals surface area (Å²) in [7, 11) is -0.579. The Hall–Kier alpha value is -2.22. The molecule has 0 aliphatic carbocycles. The molecule has 1 N–H and O–H groups in total. The summed E-state index contributed by atoms with van der Waals surface area (Å²) in [4.78, 5) is 11.7. The second-order valence-electron chi connectivity index (χ2n) is 4.72. The Bertz CT molecular complexity index is 658. The molecule has 23 heavy (non-hydrogen) atoms. The molecule has 0 aromatic heterocycles. The molecule has 0 aliphatic heterocycles. The molecule has 0 unspecified atom stereocenters. The van der Waals surface area contributed by atoms with Gasteiger partial charge in [0.2, 0.25) is 15.9 Å². The maximum atomic E-state index is 12.0. The van der Waals surface area contributed by atoms with Crippen molar-refractivity contribution >= 4 is 21.6 Å². The molecule has 0 bridgehead atoms. The van der Waals surface area contributed by atoms with Crippen molar-refractivity contribution in [2.75, 3.05) is 37.9 Å². The number of hydrogen-bond donors (Lipinski definition) is 1. The summed E-state index contributed by atoms with van der Waals surface area (Å²) in [6.07, 6.45) is 2.68. The molecule has 0 saturated heterocycles. The van der Waals surface area contributed by atoms with Crippen LogP contribution in [-0.2, 0) is 14.8 Å². The van der Waals surface area contributed by atoms with E-state index in [-0.39, 0.29) is 18.9 Å². The highest BCUT2D eigenvalue weighted by molar-refractivity contribution is 7.92. The highest BCUT2D eigenvalue weighted by Crippen LogP contribution is 2.32. The Morgan fingerprint density at radius 3 is 2.48 bits per heavy atom. The minimum absolute atomic E-state index is 0.0251. The summed E-state index contributed by atoms with van der Waals surface area (Å²) < 4.78 is 35.5. The number of hydrogen-bond acceptors (Lipinski definition) is 5. The summed E-state index contributed by atoms with van der Waals surface area (Å²) in [5.74, 6) is 0.655. The Labute approximate surface area is 136 Å². The summed E-state index contributed by atoms with van der Waals surface area (Å²) in [6, 6.07) is 4.77. The van der Waals surface area contributed by atoms with Crippen LogP contribution in [-0.4, -0.2) is 47.9 Å². The second kappa shape index (κ2) is 8.42. The lowest BCUT2D eigenvalue weighted by Crippen LogP contribution is -2.34. The molecule has 0 aliphatic rings. The summed E-state index contributed by atoms with van der Waals surface area (Å²) in [6.45, 7) is 3.87. The van der Waals surface area contributed by atoms with Gasteiger partial charge in [0.25, 0.3) is 0 Å². The number of carbonyl (C=O) groups is 1. The Balaban J connectivity index is 2.99. The van der Waals surface area contributed by atoms with Gasteiger partial charge in [0.05, 0.1) is 26.2 Å². The van der Waals surface area contributed by atoms with Crippen LogP contribution in [0.1, 0.15) is 6.42 Å². The molecular weight excluding hydrogens is 320 g/mol. The number of amides is 1. The predicted molar refractivity (Wildman–Crippen MR) is 89.6 cm³/mol. The SMILES string of the molecule is C=CCNC(=O)CCN(c1ccc(OC)c(OC)c1)S(C)(=O)=O. The fraction of sp³-hybridized carbons (Fsp3) is 0.400. The van der Waals surface area contributed by atoms with Crippen molar-refractivity contribution in [3.05, 3.63) is 30.9 Å². The van der Waals surface area contributed by atoms with E-state index >= 15 is 0 Å². The van der Waals surface area contributed by atoms with Crippen LogP contribution >= 0.6 is 0 Å². The molecule has 1 aromatic carbocycles. The van der Waals surface area contributed by atoms with Gasteiger partial charge in [-0.2, -0.15) is 0 Å². The van der Waals surface area contributed by atoms with Crippen molar-refractivity contribution in [2.24, 2.45) is 0 Å². The molecule has 0 spiro atoms. The first-order chi connectivity index (χ1) is 10.8. The number of anilines is 1. The van der Waals surface area contributed by atoms with Crippen LogP contribution in [0.2, 0.25) is 0 Å². The number of ether oxygens (including phenoxy) is 2. The Morgan fingerprint density at radius 1 is 1.30 bits per heavy atom. The first-order valence-electron chi connectivity index (χ1n) is 6.90. The van der Waals surface area contributed by atoms with Crippen LogP contribution in [0.15, 0.2) is 30.9 Å². The Kier molecular flexibility index (Phi) is 6.89. The van der Waals surface area contributed by atoms with Crippen LogP contribution in [0.5, 0.6) is 11.5 Å². The van der Waals surface area contributed by atoms with Gasteiger partial charge >= 0.3 is 0 Å². The van der Waals surface area contributed by atoms with E-state index in [0.29, 0.717) is 23.7 Å². The lowest BCUT2D eigenvalue weighted by atomic mass is 10.2. The zero-order chi connectivity index (χ0) is 17.5. The van der Waals surface area contributed by atoms with Crippen LogP contribution in [0, 0.1) is 0 Å². The highest BCUT2D eigenvalue weighted by atomic mass is 32.2. The number of benzene rings is 1. The third-order valence-corrected chi connectivity index (χ3v) is 4.24. The van der Waals surface area contributed by atoms with E-state index in [1.807, 2.05) is 0 Å². The number of methoxy groups -OCH3 is 2. The van der Waals surface area contributed by atoms with Gasteiger partial charge in [0.15, 0.2) is 11.5 Å². The van der Waals surface area contributed by atoms with Gasteiger partial charge in [-0.15, -0.1) is 6.58 Å². The van der Waals surface area contributed by atoms with Crippen LogP contribution in [0.4, 0.5) is 5.69 Å². The standard InChI is InChI=1S/C15H22N2O5S/c1-5-9-16-15(18)8-10-17(23(4,19)20)12-6-7-13(21-2)14(11-12)22-3/h5-7,11H,1,8-10H2,2-4H3,(H,16,18). The maximum absolute atomic E-state index is 12.0. The van der Waals surface area contributed by atoms with Crippen molar-refractivity contribution < 1.29 is 22.7 Å². The second-order valence-corrected chi connectivity index (χ2v) is 6.62. The van der Waals surface area contributed by atoms with Crippen molar-refractivity contribution in [3.8, 4) is 11.5 Å². The van der Waals surface area contributed by atoms with Crippen molar-refractivity contribution in [1.29, 1.82) is 0 Å². The zero-order valence-corrected chi connectivity index (χ0v) is 14.4. The molecular formula is C15H22N2O5S. The summed E-state index contributed by atoms with van der Waals surface area (Å²) >= 11 is 0. The van der Waals surface area contributed by atoms with E-state index in [4.69, 9.17) is 9.47 Å². The normalized spacial score (nSPS) is 10.7. The molecule has 1 amide bonds. The first kappa shape index (κ1) is 18.8. The average Bonchev–Trinajstić information content (AvgIpc) is 2.51. The number of nitrogens with zero attached hydrogens (tertiary/aromatic N) is 1. The fourth-order valence-electron chi connectivity index (χ4n) is 1.94. The molecule has 128 valence electrons. The topological polar surface area (TPSA) is 84.9 Å². The monoisotopic (exact) mass is 342 g/mol. The van der Waals surface area contributed by atoms with E-state index in [0.717, 1.165) is 10.6 Å². The van der Waals surface area contributed by atoms with Crippen LogP contribution in [0.25, 0.3) is 0 Å². The number of sulfonamides is 1. The lowest BCUT2D eigenvalue weighted by molar-refractivity contribution is -0.120. The largest absolute Gasteiger partial charge is 0.493 e. The minimum atomic E-state index is -3.54. The first-order valence-corrected chi connectivity index (χ1v) is 8.75. The van der Waals surface area contributed by atoms with E-state index in [1.165, 1.54) is 14.2 Å². The number of rotatable bonds is 9. The quantitative estimate of drug-likeness (QED) is 0.681. The zero-order valence-electron chi connectivity index (χ0n) is 13.5. The molecule has 0 atom stereocenters. The summed E-state index contributed by atoms with van der Waals surface area (Å²) in [5, 5.41) is 2.61. The van der Waals surface area contributed by atoms with Gasteiger partial charge < -0.3 is 14.8 Å². The van der Waals surface area contributed by atoms with Gasteiger partial charge in [-0.05, 0) is 12.1 Å². The van der Waals surface area contributed by atoms with Crippen LogP contribution in [0.3, 0.4) is 0 Å². The predicted octanol–water partition coefficient (Wildman–Crippen LogP) is 1.16. The lowest BCUT2D eigenvalue weighted by Gasteiger charge is -2.23. The maximum Gasteiger partial charge on any atom is 0.232 e. The third kappa shape index (κ3) is 5.48. The Morgan fingerprint density at radius 2 is 1.96 bits per heavy atom. The van der Waals surface area contributed by atoms with Gasteiger partial charge in [-0.1, -0.05) is 6.08 Å². The molecule has 1 aromatic rings. The highest BCUT2D eigenvalue weighted by Gasteiger charge is 2.20. The van der Waals surface area contributed by atoms with Gasteiger partial charge in [-0.25, -0.2) is 8.42 Å². The van der Waals surface area contributed by atoms with Gasteiger partial charge in [0, 0.05) is 25.6 Å². The molecule has 7 nitrogen and oxygen atoms in total. The number of nitrogens with one attached hydrogen (secondary N) is 1. The van der Waals surface area contributed by atoms with Crippen molar-refractivity contribution in [1.82, 2.24) is 5.32 Å². The molecule has 0 fully saturated rings. The van der Waals surface area contributed by atoms with Gasteiger partial charge in [0.1, 0.15) is 0 Å². The third-order valence-electron chi connectivity index (χ3n) is 3.04. The molecule has 1 rings (SSSR count).